The molecule has 0 fully saturated rings. The van der Waals surface area contributed by atoms with Gasteiger partial charge in [0.1, 0.15) is 24.1 Å². The lowest BCUT2D eigenvalue weighted by molar-refractivity contribution is -0.163. The number of aliphatic carboxylic acids is 1. The fourth-order valence-electron chi connectivity index (χ4n) is 1.82. The number of carboxylic acids is 1. The van der Waals surface area contributed by atoms with Crippen LogP contribution >= 0.6 is 15.9 Å². The maximum absolute atomic E-state index is 10.6. The molecule has 0 radical (unpaired) electrons. The number of H-pyrrole nitrogens is 1. The molecule has 1 aromatic carbocycles. The molecule has 0 spiro atoms. The van der Waals surface area contributed by atoms with E-state index in [4.69, 9.17) is 5.11 Å². The molecule has 21 heavy (non-hydrogen) atoms. The third-order valence-electron chi connectivity index (χ3n) is 2.99. The van der Waals surface area contributed by atoms with Crippen molar-refractivity contribution in [2.45, 2.75) is 24.4 Å². The van der Waals surface area contributed by atoms with Gasteiger partial charge in [0.25, 0.3) is 0 Å². The van der Waals surface area contributed by atoms with Crippen LogP contribution in [0.3, 0.4) is 0 Å². The van der Waals surface area contributed by atoms with Gasteiger partial charge in [-0.2, -0.15) is 0 Å². The molecular formula is C12H13BrN2O6. The summed E-state index contributed by atoms with van der Waals surface area (Å²) in [6.07, 6.45) is -7.87. The quantitative estimate of drug-likeness (QED) is 0.422. The van der Waals surface area contributed by atoms with E-state index in [9.17, 15) is 25.2 Å². The third kappa shape index (κ3) is 3.22. The number of aliphatic hydroxyl groups is 4. The van der Waals surface area contributed by atoms with Gasteiger partial charge in [-0.1, -0.05) is 15.9 Å². The summed E-state index contributed by atoms with van der Waals surface area (Å²) in [4.78, 5) is 17.3. The van der Waals surface area contributed by atoms with Gasteiger partial charge >= 0.3 is 5.97 Å². The smallest absolute Gasteiger partial charge is 0.335 e. The zero-order valence-electron chi connectivity index (χ0n) is 10.5. The van der Waals surface area contributed by atoms with Crippen LogP contribution in [0.2, 0.25) is 0 Å². The third-order valence-corrected chi connectivity index (χ3v) is 3.49. The first kappa shape index (κ1) is 15.9. The Morgan fingerprint density at radius 2 is 1.86 bits per heavy atom. The van der Waals surface area contributed by atoms with Gasteiger partial charge in [-0.3, -0.25) is 0 Å². The van der Waals surface area contributed by atoms with Gasteiger partial charge in [-0.15, -0.1) is 0 Å². The first-order valence-corrected chi connectivity index (χ1v) is 6.71. The van der Waals surface area contributed by atoms with E-state index in [0.29, 0.717) is 11.0 Å². The second-order valence-electron chi connectivity index (χ2n) is 4.49. The van der Waals surface area contributed by atoms with Crippen molar-refractivity contribution < 1.29 is 30.3 Å². The maximum Gasteiger partial charge on any atom is 0.335 e. The number of halogens is 1. The predicted molar refractivity (Wildman–Crippen MR) is 74.4 cm³/mol. The van der Waals surface area contributed by atoms with Crippen molar-refractivity contribution in [1.82, 2.24) is 9.97 Å². The van der Waals surface area contributed by atoms with Crippen molar-refractivity contribution in [3.8, 4) is 0 Å². The molecule has 2 aromatic rings. The number of nitrogens with zero attached hydrogens (tertiary/aromatic N) is 1. The number of aromatic amines is 1. The van der Waals surface area contributed by atoms with Crippen LogP contribution in [0.25, 0.3) is 11.0 Å². The fourth-order valence-corrected chi connectivity index (χ4v) is 2.18. The number of aromatic nitrogens is 2. The number of carboxylic acid groups (broad SMARTS) is 1. The summed E-state index contributed by atoms with van der Waals surface area (Å²) in [5.41, 5.74) is 1.10. The van der Waals surface area contributed by atoms with Gasteiger partial charge in [-0.25, -0.2) is 9.78 Å². The molecule has 2 unspecified atom stereocenters. The Labute approximate surface area is 126 Å². The van der Waals surface area contributed by atoms with Crippen LogP contribution < -0.4 is 0 Å². The van der Waals surface area contributed by atoms with E-state index in [2.05, 4.69) is 25.9 Å². The van der Waals surface area contributed by atoms with Crippen molar-refractivity contribution in [1.29, 1.82) is 0 Å². The van der Waals surface area contributed by atoms with Gasteiger partial charge in [0.2, 0.25) is 0 Å². The summed E-state index contributed by atoms with van der Waals surface area (Å²) in [6, 6.07) is 5.10. The Morgan fingerprint density at radius 3 is 2.48 bits per heavy atom. The van der Waals surface area contributed by atoms with Crippen molar-refractivity contribution in [2.24, 2.45) is 0 Å². The molecule has 0 amide bonds. The molecule has 0 aliphatic carbocycles. The van der Waals surface area contributed by atoms with Crippen molar-refractivity contribution in [3.05, 3.63) is 28.5 Å². The fraction of sp³-hybridized carbons (Fsp3) is 0.333. The van der Waals surface area contributed by atoms with E-state index in [1.54, 1.807) is 18.2 Å². The minimum Gasteiger partial charge on any atom is -0.479 e. The van der Waals surface area contributed by atoms with E-state index >= 15 is 0 Å². The molecule has 0 aliphatic rings. The largest absolute Gasteiger partial charge is 0.479 e. The number of imidazole rings is 1. The SMILES string of the molecule is O=C(O)C(O)[C@H](O)C(O)[C@H](O)c1nc2ccc(Br)cc2[nH]1. The number of nitrogens with one attached hydrogen (secondary N) is 1. The normalized spacial score (nSPS) is 17.4. The molecule has 6 N–H and O–H groups in total. The van der Waals surface area contributed by atoms with Crippen LogP contribution in [-0.4, -0.2) is 59.8 Å². The Kier molecular flexibility index (Phi) is 4.59. The van der Waals surface area contributed by atoms with Crippen LogP contribution in [0.4, 0.5) is 0 Å². The molecule has 0 saturated heterocycles. The lowest BCUT2D eigenvalue weighted by Gasteiger charge is -2.23. The highest BCUT2D eigenvalue weighted by Gasteiger charge is 2.36. The van der Waals surface area contributed by atoms with Crippen molar-refractivity contribution in [2.75, 3.05) is 0 Å². The van der Waals surface area contributed by atoms with E-state index in [1.807, 2.05) is 0 Å². The van der Waals surface area contributed by atoms with E-state index in [1.165, 1.54) is 0 Å². The molecule has 9 heteroatoms. The van der Waals surface area contributed by atoms with Crippen molar-refractivity contribution >= 4 is 32.9 Å². The summed E-state index contributed by atoms with van der Waals surface area (Å²) in [5, 5.41) is 47.0. The molecule has 4 atom stereocenters. The minimum atomic E-state index is -2.21. The summed E-state index contributed by atoms with van der Waals surface area (Å²) in [6.45, 7) is 0. The molecule has 0 aliphatic heterocycles. The van der Waals surface area contributed by atoms with Crippen LogP contribution in [-0.2, 0) is 4.79 Å². The Hall–Kier alpha value is -1.52. The maximum atomic E-state index is 10.6. The number of fused-ring (bicyclic) bond motifs is 1. The highest BCUT2D eigenvalue weighted by Crippen LogP contribution is 2.23. The number of hydrogen-bond acceptors (Lipinski definition) is 6. The average molecular weight is 361 g/mol. The van der Waals surface area contributed by atoms with E-state index < -0.39 is 30.4 Å². The molecule has 0 saturated carbocycles. The van der Waals surface area contributed by atoms with Gasteiger partial charge in [0.15, 0.2) is 6.10 Å². The van der Waals surface area contributed by atoms with Gasteiger partial charge in [0.05, 0.1) is 11.0 Å². The molecule has 8 nitrogen and oxygen atoms in total. The second-order valence-corrected chi connectivity index (χ2v) is 5.41. The summed E-state index contributed by atoms with van der Waals surface area (Å²) in [5.74, 6) is -1.76. The number of carbonyl (C=O) groups is 1. The Bertz CT molecular complexity index is 660. The minimum absolute atomic E-state index is 0.0489. The van der Waals surface area contributed by atoms with Crippen LogP contribution in [0.1, 0.15) is 11.9 Å². The van der Waals surface area contributed by atoms with Gasteiger partial charge < -0.3 is 30.5 Å². The van der Waals surface area contributed by atoms with Gasteiger partial charge in [0, 0.05) is 4.47 Å². The molecule has 0 bridgehead atoms. The summed E-state index contributed by atoms with van der Waals surface area (Å²) in [7, 11) is 0. The summed E-state index contributed by atoms with van der Waals surface area (Å²) < 4.78 is 0.779. The summed E-state index contributed by atoms with van der Waals surface area (Å²) >= 11 is 3.27. The molecule has 2 rings (SSSR count). The molecular weight excluding hydrogens is 348 g/mol. The van der Waals surface area contributed by atoms with Crippen LogP contribution in [0.15, 0.2) is 22.7 Å². The second kappa shape index (κ2) is 6.08. The van der Waals surface area contributed by atoms with Crippen molar-refractivity contribution in [3.63, 3.8) is 0 Å². The Balaban J connectivity index is 2.24. The standard InChI is InChI=1S/C12H13BrN2O6/c13-4-1-2-5-6(3-4)15-11(14-5)9(18)7(16)8(17)10(19)12(20)21/h1-3,7-10,16-19H,(H,14,15)(H,20,21)/t7?,8-,9+,10?/m1/s1. The lowest BCUT2D eigenvalue weighted by Crippen LogP contribution is -2.45. The first-order chi connectivity index (χ1) is 9.81. The number of aliphatic hydroxyl groups excluding tert-OH is 4. The number of benzene rings is 1. The molecule has 114 valence electrons. The monoisotopic (exact) mass is 360 g/mol. The first-order valence-electron chi connectivity index (χ1n) is 5.91. The predicted octanol–water partition coefficient (Wildman–Crippen LogP) is -0.474. The van der Waals surface area contributed by atoms with E-state index in [0.717, 1.165) is 4.47 Å². The lowest BCUT2D eigenvalue weighted by atomic mass is 10.0. The van der Waals surface area contributed by atoms with Crippen LogP contribution in [0, 0.1) is 0 Å². The number of rotatable bonds is 5. The highest BCUT2D eigenvalue weighted by molar-refractivity contribution is 9.10. The zero-order valence-corrected chi connectivity index (χ0v) is 12.1. The van der Waals surface area contributed by atoms with Crippen LogP contribution in [0.5, 0.6) is 0 Å². The Morgan fingerprint density at radius 1 is 1.19 bits per heavy atom. The average Bonchev–Trinajstić information content (AvgIpc) is 2.86. The molecule has 1 heterocycles. The molecule has 1 aromatic heterocycles. The van der Waals surface area contributed by atoms with Gasteiger partial charge in [-0.05, 0) is 18.2 Å². The number of hydrogen-bond donors (Lipinski definition) is 6. The topological polar surface area (TPSA) is 147 Å². The van der Waals surface area contributed by atoms with E-state index in [-0.39, 0.29) is 5.82 Å². The highest BCUT2D eigenvalue weighted by atomic mass is 79.9. The zero-order chi connectivity index (χ0) is 15.7.